The fourth-order valence-electron chi connectivity index (χ4n) is 2.18. The molecule has 94 valence electrons. The second-order valence-corrected chi connectivity index (χ2v) is 3.96. The lowest BCUT2D eigenvalue weighted by molar-refractivity contribution is 0.0705. The van der Waals surface area contributed by atoms with Gasteiger partial charge in [-0.3, -0.25) is 0 Å². The summed E-state index contributed by atoms with van der Waals surface area (Å²) < 4.78 is 11.1. The average molecular weight is 236 g/mol. The van der Waals surface area contributed by atoms with E-state index in [-0.39, 0.29) is 0 Å². The topological polar surface area (TPSA) is 47.7 Å². The Hall–Kier alpha value is -1.42. The van der Waals surface area contributed by atoms with E-state index in [1.165, 1.54) is 0 Å². The molecule has 2 aliphatic heterocycles. The minimum atomic E-state index is 0.356. The van der Waals surface area contributed by atoms with Gasteiger partial charge < -0.3 is 20.1 Å². The second-order valence-electron chi connectivity index (χ2n) is 3.96. The Labute approximate surface area is 102 Å². The molecule has 2 heterocycles. The van der Waals surface area contributed by atoms with Gasteiger partial charge in [-0.1, -0.05) is 13.8 Å². The molecule has 0 amide bonds. The van der Waals surface area contributed by atoms with E-state index >= 15 is 0 Å². The molecule has 3 rings (SSSR count). The predicted molar refractivity (Wildman–Crippen MR) is 69.7 cm³/mol. The van der Waals surface area contributed by atoms with Crippen molar-refractivity contribution in [1.82, 2.24) is 0 Å². The molecule has 0 spiro atoms. The molecule has 0 aliphatic carbocycles. The molecule has 1 fully saturated rings. The Bertz CT molecular complexity index is 382. The van der Waals surface area contributed by atoms with Crippen LogP contribution >= 0.6 is 0 Å². The number of nitrogens with zero attached hydrogens (tertiary/aromatic N) is 1. The summed E-state index contributed by atoms with van der Waals surface area (Å²) in [5, 5.41) is 0. The first-order valence-corrected chi connectivity index (χ1v) is 6.21. The van der Waals surface area contributed by atoms with Crippen LogP contribution in [0, 0.1) is 0 Å². The van der Waals surface area contributed by atoms with Crippen LogP contribution in [0.1, 0.15) is 13.8 Å². The van der Waals surface area contributed by atoms with E-state index in [0.29, 0.717) is 12.6 Å². The zero-order valence-corrected chi connectivity index (χ0v) is 10.5. The summed E-state index contributed by atoms with van der Waals surface area (Å²) in [6.07, 6.45) is 0. The van der Waals surface area contributed by atoms with Gasteiger partial charge in [0, 0.05) is 18.3 Å². The number of morpholine rings is 1. The van der Waals surface area contributed by atoms with Crippen molar-refractivity contribution in [2.24, 2.45) is 0 Å². The third-order valence-electron chi connectivity index (χ3n) is 2.95. The molecular formula is C13H20N2O2. The molecule has 0 saturated carbocycles. The number of anilines is 2. The Morgan fingerprint density at radius 2 is 2.12 bits per heavy atom. The summed E-state index contributed by atoms with van der Waals surface area (Å²) in [7, 11) is 0. The Kier molecular flexibility index (Phi) is 3.74. The van der Waals surface area contributed by atoms with Gasteiger partial charge in [0.25, 0.3) is 0 Å². The van der Waals surface area contributed by atoms with E-state index in [9.17, 15) is 0 Å². The van der Waals surface area contributed by atoms with Crippen LogP contribution in [0.15, 0.2) is 18.2 Å². The van der Waals surface area contributed by atoms with Crippen molar-refractivity contribution in [3.05, 3.63) is 18.2 Å². The third kappa shape index (κ3) is 2.31. The monoisotopic (exact) mass is 236 g/mol. The highest BCUT2D eigenvalue weighted by Gasteiger charge is 2.30. The Morgan fingerprint density at radius 1 is 1.29 bits per heavy atom. The van der Waals surface area contributed by atoms with Crippen LogP contribution < -0.4 is 15.4 Å². The van der Waals surface area contributed by atoms with Crippen molar-refractivity contribution in [1.29, 1.82) is 0 Å². The molecule has 2 N–H and O–H groups in total. The highest BCUT2D eigenvalue weighted by Crippen LogP contribution is 2.36. The average Bonchev–Trinajstić information content (AvgIpc) is 2.40. The van der Waals surface area contributed by atoms with E-state index in [0.717, 1.165) is 36.9 Å². The molecule has 0 aromatic heterocycles. The van der Waals surface area contributed by atoms with Gasteiger partial charge in [-0.25, -0.2) is 0 Å². The molecule has 4 heteroatoms. The van der Waals surface area contributed by atoms with E-state index < -0.39 is 0 Å². The molecule has 0 unspecified atom stereocenters. The smallest absolute Gasteiger partial charge is 0.144 e. The first kappa shape index (κ1) is 12.0. The molecule has 1 aromatic carbocycles. The van der Waals surface area contributed by atoms with Crippen LogP contribution in [-0.4, -0.2) is 32.4 Å². The molecule has 4 nitrogen and oxygen atoms in total. The van der Waals surface area contributed by atoms with Crippen molar-refractivity contribution >= 4 is 11.4 Å². The van der Waals surface area contributed by atoms with E-state index in [1.807, 2.05) is 32.0 Å². The van der Waals surface area contributed by atoms with Crippen LogP contribution in [0.25, 0.3) is 0 Å². The normalized spacial score (nSPS) is 21.5. The van der Waals surface area contributed by atoms with E-state index in [1.54, 1.807) is 0 Å². The number of nitrogens with two attached hydrogens (primary N) is 1. The molecular weight excluding hydrogens is 216 g/mol. The standard InChI is InChI=1S/C11H14N2O2.C2H6/c12-8-1-2-10-11(5-8)15-7-9-6-14-4-3-13(9)10;1-2/h1-2,5,9H,3-4,6-7,12H2;1-2H3/t9-;/m1./s1. The lowest BCUT2D eigenvalue weighted by atomic mass is 10.1. The van der Waals surface area contributed by atoms with Crippen LogP contribution in [0.2, 0.25) is 0 Å². The fourth-order valence-corrected chi connectivity index (χ4v) is 2.18. The van der Waals surface area contributed by atoms with Crippen molar-refractivity contribution in [3.8, 4) is 5.75 Å². The molecule has 0 bridgehead atoms. The van der Waals surface area contributed by atoms with Gasteiger partial charge in [-0.2, -0.15) is 0 Å². The first-order chi connectivity index (χ1) is 8.34. The largest absolute Gasteiger partial charge is 0.489 e. The maximum Gasteiger partial charge on any atom is 0.144 e. The fraction of sp³-hybridized carbons (Fsp3) is 0.538. The first-order valence-electron chi connectivity index (χ1n) is 6.21. The summed E-state index contributed by atoms with van der Waals surface area (Å²) in [4.78, 5) is 2.35. The number of ether oxygens (including phenoxy) is 2. The zero-order chi connectivity index (χ0) is 12.3. The summed E-state index contributed by atoms with van der Waals surface area (Å²) >= 11 is 0. The van der Waals surface area contributed by atoms with Gasteiger partial charge >= 0.3 is 0 Å². The van der Waals surface area contributed by atoms with Crippen LogP contribution in [0.4, 0.5) is 11.4 Å². The van der Waals surface area contributed by atoms with Gasteiger partial charge in [0.1, 0.15) is 12.4 Å². The highest BCUT2D eigenvalue weighted by atomic mass is 16.5. The molecule has 1 aromatic rings. The number of nitrogen functional groups attached to an aromatic ring is 1. The lowest BCUT2D eigenvalue weighted by Crippen LogP contribution is -2.51. The van der Waals surface area contributed by atoms with E-state index in [2.05, 4.69) is 4.90 Å². The summed E-state index contributed by atoms with van der Waals surface area (Å²) in [5.41, 5.74) is 7.62. The summed E-state index contributed by atoms with van der Waals surface area (Å²) in [6.45, 7) is 7.17. The SMILES string of the molecule is CC.Nc1ccc2c(c1)OC[C@H]1COCCN21. The predicted octanol–water partition coefficient (Wildman–Crippen LogP) is 1.89. The van der Waals surface area contributed by atoms with Crippen molar-refractivity contribution in [3.63, 3.8) is 0 Å². The van der Waals surface area contributed by atoms with Crippen molar-refractivity contribution < 1.29 is 9.47 Å². The van der Waals surface area contributed by atoms with Gasteiger partial charge in [0.05, 0.1) is 24.9 Å². The number of fused-ring (bicyclic) bond motifs is 3. The second kappa shape index (κ2) is 5.27. The van der Waals surface area contributed by atoms with Gasteiger partial charge in [-0.05, 0) is 12.1 Å². The number of hydrogen-bond donors (Lipinski definition) is 1. The van der Waals surface area contributed by atoms with Crippen LogP contribution in [0.5, 0.6) is 5.75 Å². The molecule has 1 atom stereocenters. The minimum Gasteiger partial charge on any atom is -0.489 e. The number of rotatable bonds is 0. The summed E-state index contributed by atoms with van der Waals surface area (Å²) in [5.74, 6) is 0.896. The number of hydrogen-bond acceptors (Lipinski definition) is 4. The Balaban J connectivity index is 0.000000514. The highest BCUT2D eigenvalue weighted by molar-refractivity contribution is 5.65. The van der Waals surface area contributed by atoms with E-state index in [4.69, 9.17) is 15.2 Å². The lowest BCUT2D eigenvalue weighted by Gasteiger charge is -2.41. The Morgan fingerprint density at radius 3 is 2.94 bits per heavy atom. The maximum atomic E-state index is 5.73. The van der Waals surface area contributed by atoms with Gasteiger partial charge in [-0.15, -0.1) is 0 Å². The number of benzene rings is 1. The quantitative estimate of drug-likeness (QED) is 0.699. The molecule has 17 heavy (non-hydrogen) atoms. The van der Waals surface area contributed by atoms with Gasteiger partial charge in [0.15, 0.2) is 0 Å². The molecule has 2 aliphatic rings. The maximum absolute atomic E-state index is 5.73. The zero-order valence-electron chi connectivity index (χ0n) is 10.5. The molecule has 1 saturated heterocycles. The molecule has 0 radical (unpaired) electrons. The van der Waals surface area contributed by atoms with Crippen LogP contribution in [-0.2, 0) is 4.74 Å². The summed E-state index contributed by atoms with van der Waals surface area (Å²) in [6, 6.07) is 6.19. The van der Waals surface area contributed by atoms with Crippen LogP contribution in [0.3, 0.4) is 0 Å². The van der Waals surface area contributed by atoms with Gasteiger partial charge in [0.2, 0.25) is 0 Å². The van der Waals surface area contributed by atoms with Crippen molar-refractivity contribution in [2.45, 2.75) is 19.9 Å². The van der Waals surface area contributed by atoms with Crippen molar-refractivity contribution in [2.75, 3.05) is 37.0 Å². The minimum absolute atomic E-state index is 0.356. The third-order valence-corrected chi connectivity index (χ3v) is 2.95.